The van der Waals surface area contributed by atoms with Gasteiger partial charge in [0.05, 0.1) is 0 Å². The van der Waals surface area contributed by atoms with Crippen molar-refractivity contribution in [2.24, 2.45) is 0 Å². The molecular formula is C17H15BrN2O3. The van der Waals surface area contributed by atoms with Crippen molar-refractivity contribution in [3.63, 3.8) is 0 Å². The van der Waals surface area contributed by atoms with Gasteiger partial charge in [0.2, 0.25) is 0 Å². The Balaban J connectivity index is 1.66. The average molecular weight is 375 g/mol. The van der Waals surface area contributed by atoms with E-state index in [-0.39, 0.29) is 12.5 Å². The first-order chi connectivity index (χ1) is 11.0. The molecule has 3 aromatic rings. The number of carbonyl (C=O) groups is 1. The number of nitrogens with zero attached hydrogens (tertiary/aromatic N) is 1. The quantitative estimate of drug-likeness (QED) is 0.742. The van der Waals surface area contributed by atoms with Gasteiger partial charge in [0, 0.05) is 4.47 Å². The van der Waals surface area contributed by atoms with Gasteiger partial charge in [-0.25, -0.2) is 0 Å². The van der Waals surface area contributed by atoms with Crippen LogP contribution in [0.2, 0.25) is 0 Å². The van der Waals surface area contributed by atoms with Crippen molar-refractivity contribution >= 4 is 38.3 Å². The third-order valence-electron chi connectivity index (χ3n) is 3.44. The summed E-state index contributed by atoms with van der Waals surface area (Å²) in [6, 6.07) is 11.7. The summed E-state index contributed by atoms with van der Waals surface area (Å²) in [6.45, 7) is 3.44. The molecule has 1 N–H and O–H groups in total. The first-order valence-corrected chi connectivity index (χ1v) is 7.87. The maximum atomic E-state index is 12.0. The second kappa shape index (κ2) is 6.42. The Hall–Kier alpha value is -2.34. The number of hydrogen-bond acceptors (Lipinski definition) is 4. The second-order valence-corrected chi connectivity index (χ2v) is 6.10. The number of amides is 1. The number of aryl methyl sites for hydroxylation is 2. The van der Waals surface area contributed by atoms with E-state index in [0.717, 1.165) is 15.2 Å². The van der Waals surface area contributed by atoms with Crippen LogP contribution in [0.5, 0.6) is 5.75 Å². The highest BCUT2D eigenvalue weighted by molar-refractivity contribution is 9.10. The normalized spacial score (nSPS) is 10.7. The van der Waals surface area contributed by atoms with Crippen molar-refractivity contribution in [3.05, 3.63) is 52.3 Å². The van der Waals surface area contributed by atoms with E-state index in [0.29, 0.717) is 22.9 Å². The largest absolute Gasteiger partial charge is 0.484 e. The van der Waals surface area contributed by atoms with E-state index in [1.54, 1.807) is 13.8 Å². The fourth-order valence-corrected chi connectivity index (χ4v) is 2.65. The molecule has 0 saturated heterocycles. The molecule has 118 valence electrons. The van der Waals surface area contributed by atoms with Crippen molar-refractivity contribution in [2.45, 2.75) is 13.8 Å². The van der Waals surface area contributed by atoms with Gasteiger partial charge in [-0.2, -0.15) is 0 Å². The van der Waals surface area contributed by atoms with E-state index in [1.807, 2.05) is 36.4 Å². The molecule has 0 saturated carbocycles. The van der Waals surface area contributed by atoms with Gasteiger partial charge in [-0.05, 0) is 48.9 Å². The van der Waals surface area contributed by atoms with Crippen LogP contribution >= 0.6 is 15.9 Å². The molecule has 1 heterocycles. The van der Waals surface area contributed by atoms with Crippen LogP contribution in [-0.4, -0.2) is 17.7 Å². The molecule has 0 bridgehead atoms. The summed E-state index contributed by atoms with van der Waals surface area (Å²) >= 11 is 3.44. The molecule has 0 spiro atoms. The maximum absolute atomic E-state index is 12.0. The predicted molar refractivity (Wildman–Crippen MR) is 91.7 cm³/mol. The smallest absolute Gasteiger partial charge is 0.262 e. The minimum absolute atomic E-state index is 0.0773. The zero-order valence-electron chi connectivity index (χ0n) is 12.7. The van der Waals surface area contributed by atoms with E-state index < -0.39 is 0 Å². The molecule has 0 aliphatic carbocycles. The molecule has 6 heteroatoms. The van der Waals surface area contributed by atoms with Crippen LogP contribution in [0.3, 0.4) is 0 Å². The van der Waals surface area contributed by atoms with Gasteiger partial charge in [0.1, 0.15) is 17.1 Å². The molecule has 0 fully saturated rings. The predicted octanol–water partition coefficient (Wildman–Crippen LogP) is 4.22. The van der Waals surface area contributed by atoms with Gasteiger partial charge in [0.25, 0.3) is 5.91 Å². The number of aromatic nitrogens is 1. The lowest BCUT2D eigenvalue weighted by Crippen LogP contribution is -2.20. The molecule has 2 aromatic carbocycles. The van der Waals surface area contributed by atoms with E-state index in [9.17, 15) is 4.79 Å². The summed E-state index contributed by atoms with van der Waals surface area (Å²) < 4.78 is 11.6. The van der Waals surface area contributed by atoms with Gasteiger partial charge in [-0.3, -0.25) is 4.79 Å². The zero-order chi connectivity index (χ0) is 16.4. The second-order valence-electron chi connectivity index (χ2n) is 5.19. The molecule has 23 heavy (non-hydrogen) atoms. The molecule has 1 aromatic heterocycles. The lowest BCUT2D eigenvalue weighted by Gasteiger charge is -2.08. The van der Waals surface area contributed by atoms with E-state index in [2.05, 4.69) is 26.4 Å². The number of carbonyl (C=O) groups excluding carboxylic acids is 1. The highest BCUT2D eigenvalue weighted by Crippen LogP contribution is 2.24. The lowest BCUT2D eigenvalue weighted by atomic mass is 10.1. The summed E-state index contributed by atoms with van der Waals surface area (Å²) in [7, 11) is 0. The van der Waals surface area contributed by atoms with Gasteiger partial charge in [-0.1, -0.05) is 33.2 Å². The number of nitrogens with one attached hydrogen (secondary N) is 1. The van der Waals surface area contributed by atoms with E-state index in [1.165, 1.54) is 0 Å². The van der Waals surface area contributed by atoms with Gasteiger partial charge in [-0.15, -0.1) is 0 Å². The van der Waals surface area contributed by atoms with Crippen molar-refractivity contribution in [1.29, 1.82) is 0 Å². The summed E-state index contributed by atoms with van der Waals surface area (Å²) in [4.78, 5) is 12.0. The summed E-state index contributed by atoms with van der Waals surface area (Å²) in [5.74, 6) is 0.969. The monoisotopic (exact) mass is 374 g/mol. The highest BCUT2D eigenvalue weighted by atomic mass is 79.9. The Bertz CT molecular complexity index is 854. The van der Waals surface area contributed by atoms with Crippen molar-refractivity contribution in [2.75, 3.05) is 11.9 Å². The molecule has 0 aliphatic heterocycles. The maximum Gasteiger partial charge on any atom is 0.262 e. The molecule has 5 nitrogen and oxygen atoms in total. The van der Waals surface area contributed by atoms with E-state index in [4.69, 9.17) is 9.26 Å². The first-order valence-electron chi connectivity index (χ1n) is 7.08. The van der Waals surface area contributed by atoms with Crippen LogP contribution < -0.4 is 10.1 Å². The van der Waals surface area contributed by atoms with Crippen LogP contribution in [-0.2, 0) is 4.79 Å². The van der Waals surface area contributed by atoms with Gasteiger partial charge < -0.3 is 14.6 Å². The SMILES string of the molecule is Cc1noc(C)c1NC(=O)COc1ccc2cc(Br)ccc2c1. The number of halogens is 1. The Morgan fingerprint density at radius 1 is 1.22 bits per heavy atom. The third-order valence-corrected chi connectivity index (χ3v) is 3.93. The topological polar surface area (TPSA) is 64.4 Å². The molecule has 0 atom stereocenters. The third kappa shape index (κ3) is 3.53. The van der Waals surface area contributed by atoms with Crippen LogP contribution in [0, 0.1) is 13.8 Å². The van der Waals surface area contributed by atoms with Crippen molar-refractivity contribution in [3.8, 4) is 5.75 Å². The standard InChI is InChI=1S/C17H15BrN2O3/c1-10-17(11(2)23-20-10)19-16(21)9-22-15-6-4-12-7-14(18)5-3-13(12)8-15/h3-8H,9H2,1-2H3,(H,19,21). The van der Waals surface area contributed by atoms with Crippen LogP contribution in [0.4, 0.5) is 5.69 Å². The molecule has 1 amide bonds. The number of fused-ring (bicyclic) bond motifs is 1. The van der Waals surface area contributed by atoms with Crippen LogP contribution in [0.25, 0.3) is 10.8 Å². The number of benzene rings is 2. The average Bonchev–Trinajstić information content (AvgIpc) is 2.84. The Morgan fingerprint density at radius 2 is 1.96 bits per heavy atom. The Labute approximate surface area is 141 Å². The fraction of sp³-hybridized carbons (Fsp3) is 0.176. The Kier molecular flexibility index (Phi) is 4.34. The molecular weight excluding hydrogens is 360 g/mol. The number of hydrogen-bond donors (Lipinski definition) is 1. The summed E-state index contributed by atoms with van der Waals surface area (Å²) in [6.07, 6.45) is 0. The number of ether oxygens (including phenoxy) is 1. The summed E-state index contributed by atoms with van der Waals surface area (Å²) in [5.41, 5.74) is 1.24. The Morgan fingerprint density at radius 3 is 2.70 bits per heavy atom. The first kappa shape index (κ1) is 15.6. The molecule has 3 rings (SSSR count). The van der Waals surface area contributed by atoms with Crippen molar-refractivity contribution < 1.29 is 14.1 Å². The fourth-order valence-electron chi connectivity index (χ4n) is 2.27. The minimum Gasteiger partial charge on any atom is -0.484 e. The molecule has 0 unspecified atom stereocenters. The molecule has 0 aliphatic rings. The van der Waals surface area contributed by atoms with E-state index >= 15 is 0 Å². The van der Waals surface area contributed by atoms with Crippen molar-refractivity contribution in [1.82, 2.24) is 5.16 Å². The lowest BCUT2D eigenvalue weighted by molar-refractivity contribution is -0.118. The minimum atomic E-state index is -0.254. The van der Waals surface area contributed by atoms with Crippen LogP contribution in [0.1, 0.15) is 11.5 Å². The highest BCUT2D eigenvalue weighted by Gasteiger charge is 2.12. The molecule has 0 radical (unpaired) electrons. The number of anilines is 1. The van der Waals surface area contributed by atoms with Gasteiger partial charge in [0.15, 0.2) is 12.4 Å². The zero-order valence-corrected chi connectivity index (χ0v) is 14.3. The summed E-state index contributed by atoms with van der Waals surface area (Å²) in [5, 5.41) is 8.70. The number of rotatable bonds is 4. The van der Waals surface area contributed by atoms with Crippen LogP contribution in [0.15, 0.2) is 45.4 Å². The van der Waals surface area contributed by atoms with Gasteiger partial charge >= 0.3 is 0 Å².